The highest BCUT2D eigenvalue weighted by Gasteiger charge is 2.45. The Morgan fingerprint density at radius 3 is 2.37 bits per heavy atom. The lowest BCUT2D eigenvalue weighted by Gasteiger charge is -2.26. The topological polar surface area (TPSA) is 70.1 Å². The van der Waals surface area contributed by atoms with E-state index in [4.69, 9.17) is 4.74 Å². The van der Waals surface area contributed by atoms with Crippen molar-refractivity contribution in [1.29, 1.82) is 0 Å². The van der Waals surface area contributed by atoms with Gasteiger partial charge >= 0.3 is 0 Å². The van der Waals surface area contributed by atoms with Crippen LogP contribution in [0.5, 0.6) is 5.75 Å². The summed E-state index contributed by atoms with van der Waals surface area (Å²) in [7, 11) is 4.95. The first-order valence-corrected chi connectivity index (χ1v) is 9.27. The van der Waals surface area contributed by atoms with Crippen LogP contribution in [0.2, 0.25) is 0 Å². The van der Waals surface area contributed by atoms with Crippen LogP contribution < -0.4 is 4.74 Å². The summed E-state index contributed by atoms with van der Waals surface area (Å²) in [5.41, 5.74) is 0.325. The second-order valence-corrected chi connectivity index (χ2v) is 7.20. The van der Waals surface area contributed by atoms with Crippen LogP contribution in [0.15, 0.2) is 48.0 Å². The van der Waals surface area contributed by atoms with Crippen molar-refractivity contribution in [3.63, 3.8) is 0 Å². The summed E-state index contributed by atoms with van der Waals surface area (Å²) in [4.78, 5) is 28.7. The number of rotatable bonds is 6. The second-order valence-electron chi connectivity index (χ2n) is 7.20. The van der Waals surface area contributed by atoms with Crippen LogP contribution >= 0.6 is 0 Å². The first kappa shape index (κ1) is 21.4. The third kappa shape index (κ3) is 4.04. The Hall–Kier alpha value is -3.26. The molecule has 158 valence electrons. The summed E-state index contributed by atoms with van der Waals surface area (Å²) >= 11 is 0. The zero-order chi connectivity index (χ0) is 22.0. The summed E-state index contributed by atoms with van der Waals surface area (Å²) in [5, 5.41) is 10.9. The predicted molar refractivity (Wildman–Crippen MR) is 107 cm³/mol. The molecule has 1 amide bonds. The summed E-state index contributed by atoms with van der Waals surface area (Å²) in [5.74, 6) is -3.37. The molecular weight excluding hydrogens is 394 g/mol. The average molecular weight is 416 g/mol. The second kappa shape index (κ2) is 8.62. The van der Waals surface area contributed by atoms with Gasteiger partial charge in [-0.05, 0) is 50.0 Å². The van der Waals surface area contributed by atoms with E-state index in [1.165, 1.54) is 48.4 Å². The van der Waals surface area contributed by atoms with Gasteiger partial charge in [-0.1, -0.05) is 12.1 Å². The molecule has 0 aliphatic carbocycles. The number of likely N-dealkylation sites (tertiary alicyclic amines) is 1. The van der Waals surface area contributed by atoms with Crippen molar-refractivity contribution in [3.05, 3.63) is 70.8 Å². The summed E-state index contributed by atoms with van der Waals surface area (Å²) < 4.78 is 32.5. The Balaban J connectivity index is 2.14. The molecule has 1 heterocycles. The van der Waals surface area contributed by atoms with Crippen LogP contribution in [0, 0.1) is 11.6 Å². The van der Waals surface area contributed by atoms with Crippen molar-refractivity contribution in [2.24, 2.45) is 0 Å². The number of hydrogen-bond acceptors (Lipinski definition) is 5. The Kier molecular flexibility index (Phi) is 6.17. The standard InChI is InChI=1S/C22H22F2N2O4/c1-25(2)10-11-26-19(13-4-7-15(23)8-5-13)18(21(28)22(26)29)20(27)14-6-9-17(30-3)16(24)12-14/h4-9,12,19,27H,10-11H2,1-3H3/t19-/m0/s1. The van der Waals surface area contributed by atoms with Gasteiger partial charge < -0.3 is 19.6 Å². The molecule has 1 N–H and O–H groups in total. The van der Waals surface area contributed by atoms with Crippen molar-refractivity contribution in [3.8, 4) is 5.75 Å². The van der Waals surface area contributed by atoms with Crippen LogP contribution in [0.25, 0.3) is 5.76 Å². The zero-order valence-corrected chi connectivity index (χ0v) is 16.9. The smallest absolute Gasteiger partial charge is 0.295 e. The third-order valence-corrected chi connectivity index (χ3v) is 4.94. The van der Waals surface area contributed by atoms with Gasteiger partial charge in [-0.25, -0.2) is 8.78 Å². The van der Waals surface area contributed by atoms with Gasteiger partial charge in [0, 0.05) is 18.7 Å². The first-order valence-electron chi connectivity index (χ1n) is 9.27. The molecule has 0 radical (unpaired) electrons. The molecular formula is C22H22F2N2O4. The third-order valence-electron chi connectivity index (χ3n) is 4.94. The molecule has 1 atom stereocenters. The van der Waals surface area contributed by atoms with Gasteiger partial charge in [-0.2, -0.15) is 0 Å². The molecule has 0 bridgehead atoms. The van der Waals surface area contributed by atoms with Gasteiger partial charge in [0.15, 0.2) is 11.6 Å². The van der Waals surface area contributed by atoms with Gasteiger partial charge in [0.05, 0.1) is 18.7 Å². The maximum absolute atomic E-state index is 14.2. The van der Waals surface area contributed by atoms with E-state index in [1.807, 2.05) is 19.0 Å². The van der Waals surface area contributed by atoms with Crippen molar-refractivity contribution in [2.75, 3.05) is 34.3 Å². The van der Waals surface area contributed by atoms with Gasteiger partial charge in [0.2, 0.25) is 0 Å². The van der Waals surface area contributed by atoms with E-state index in [2.05, 4.69) is 0 Å². The van der Waals surface area contributed by atoms with Crippen LogP contribution in [0.1, 0.15) is 17.2 Å². The van der Waals surface area contributed by atoms with E-state index in [1.54, 1.807) is 0 Å². The number of ether oxygens (including phenoxy) is 1. The number of likely N-dealkylation sites (N-methyl/N-ethyl adjacent to an activating group) is 1. The van der Waals surface area contributed by atoms with Crippen molar-refractivity contribution >= 4 is 17.4 Å². The molecule has 6 nitrogen and oxygen atoms in total. The maximum Gasteiger partial charge on any atom is 0.295 e. The fourth-order valence-corrected chi connectivity index (χ4v) is 3.38. The van der Waals surface area contributed by atoms with Crippen LogP contribution in [0.3, 0.4) is 0 Å². The van der Waals surface area contributed by atoms with Gasteiger partial charge in [-0.3, -0.25) is 9.59 Å². The minimum absolute atomic E-state index is 0.0203. The number of amides is 1. The Labute approximate surface area is 173 Å². The predicted octanol–water partition coefficient (Wildman–Crippen LogP) is 2.96. The van der Waals surface area contributed by atoms with Crippen LogP contribution in [0.4, 0.5) is 8.78 Å². The molecule has 0 spiro atoms. The fourth-order valence-electron chi connectivity index (χ4n) is 3.38. The summed E-state index contributed by atoms with van der Waals surface area (Å²) in [6, 6.07) is 8.17. The Morgan fingerprint density at radius 2 is 1.80 bits per heavy atom. The number of hydrogen-bond donors (Lipinski definition) is 1. The number of carbonyl (C=O) groups excluding carboxylic acids is 2. The van der Waals surface area contributed by atoms with E-state index >= 15 is 0 Å². The van der Waals surface area contributed by atoms with E-state index < -0.39 is 35.1 Å². The highest BCUT2D eigenvalue weighted by molar-refractivity contribution is 6.46. The Bertz CT molecular complexity index is 1000. The fraction of sp³-hybridized carbons (Fsp3) is 0.273. The molecule has 1 saturated heterocycles. The van der Waals surface area contributed by atoms with Crippen LogP contribution in [-0.2, 0) is 9.59 Å². The maximum atomic E-state index is 14.2. The number of nitrogens with zero attached hydrogens (tertiary/aromatic N) is 2. The number of Topliss-reactive ketones (excluding diaryl/α,β-unsaturated/α-hetero) is 1. The molecule has 30 heavy (non-hydrogen) atoms. The molecule has 0 unspecified atom stereocenters. The lowest BCUT2D eigenvalue weighted by atomic mass is 9.95. The molecule has 0 saturated carbocycles. The van der Waals surface area contributed by atoms with Crippen LogP contribution in [-0.4, -0.2) is 60.9 Å². The van der Waals surface area contributed by atoms with Crippen molar-refractivity contribution < 1.29 is 28.2 Å². The van der Waals surface area contributed by atoms with E-state index in [0.29, 0.717) is 12.1 Å². The van der Waals surface area contributed by atoms with E-state index in [9.17, 15) is 23.5 Å². The lowest BCUT2D eigenvalue weighted by molar-refractivity contribution is -0.140. The first-order chi connectivity index (χ1) is 14.2. The largest absolute Gasteiger partial charge is 0.507 e. The average Bonchev–Trinajstić information content (AvgIpc) is 2.96. The molecule has 0 aromatic heterocycles. The van der Waals surface area contributed by atoms with E-state index in [0.717, 1.165) is 6.07 Å². The number of ketones is 1. The van der Waals surface area contributed by atoms with Gasteiger partial charge in [-0.15, -0.1) is 0 Å². The number of halogens is 2. The number of carbonyl (C=O) groups is 2. The molecule has 8 heteroatoms. The zero-order valence-electron chi connectivity index (χ0n) is 16.9. The normalized spacial score (nSPS) is 18.3. The lowest BCUT2D eigenvalue weighted by Crippen LogP contribution is -2.35. The molecule has 1 aliphatic heterocycles. The minimum Gasteiger partial charge on any atom is -0.507 e. The summed E-state index contributed by atoms with van der Waals surface area (Å²) in [6.07, 6.45) is 0. The molecule has 1 aliphatic rings. The number of aliphatic hydroxyl groups is 1. The van der Waals surface area contributed by atoms with Crippen molar-refractivity contribution in [2.45, 2.75) is 6.04 Å². The van der Waals surface area contributed by atoms with E-state index in [-0.39, 0.29) is 23.4 Å². The highest BCUT2D eigenvalue weighted by atomic mass is 19.1. The minimum atomic E-state index is -0.921. The molecule has 2 aromatic carbocycles. The van der Waals surface area contributed by atoms with Gasteiger partial charge in [0.1, 0.15) is 11.6 Å². The molecule has 2 aromatic rings. The number of benzene rings is 2. The Morgan fingerprint density at radius 1 is 1.13 bits per heavy atom. The molecule has 1 fully saturated rings. The van der Waals surface area contributed by atoms with Crippen molar-refractivity contribution in [1.82, 2.24) is 9.80 Å². The number of aliphatic hydroxyl groups excluding tert-OH is 1. The van der Waals surface area contributed by atoms with Gasteiger partial charge in [0.25, 0.3) is 11.7 Å². The quantitative estimate of drug-likeness (QED) is 0.446. The SMILES string of the molecule is COc1ccc(C(O)=C2C(=O)C(=O)N(CCN(C)C)[C@H]2c2ccc(F)cc2)cc1F. The summed E-state index contributed by atoms with van der Waals surface area (Å²) in [6.45, 7) is 0.690. The molecule has 3 rings (SSSR count). The number of methoxy groups -OCH3 is 1. The highest BCUT2D eigenvalue weighted by Crippen LogP contribution is 2.39. The monoisotopic (exact) mass is 416 g/mol.